The van der Waals surface area contributed by atoms with Crippen molar-refractivity contribution in [2.75, 3.05) is 45.0 Å². The van der Waals surface area contributed by atoms with E-state index in [0.717, 1.165) is 32.5 Å². The smallest absolute Gasteiger partial charge is 0.214 e. The average molecular weight is 305 g/mol. The zero-order valence-corrected chi connectivity index (χ0v) is 14.0. The van der Waals surface area contributed by atoms with Gasteiger partial charge in [-0.3, -0.25) is 0 Å². The number of sulfonamides is 1. The third-order valence-corrected chi connectivity index (χ3v) is 5.77. The molecule has 0 bridgehead atoms. The second-order valence-corrected chi connectivity index (χ2v) is 8.48. The first-order valence-corrected chi connectivity index (χ1v) is 9.36. The van der Waals surface area contributed by atoms with Crippen molar-refractivity contribution in [1.82, 2.24) is 9.21 Å². The molecule has 6 heteroatoms. The minimum atomic E-state index is -3.08. The van der Waals surface area contributed by atoms with Crippen molar-refractivity contribution in [3.05, 3.63) is 0 Å². The Balaban J connectivity index is 2.50. The molecule has 0 radical (unpaired) electrons. The van der Waals surface area contributed by atoms with E-state index in [1.807, 2.05) is 0 Å². The van der Waals surface area contributed by atoms with Crippen LogP contribution in [0.15, 0.2) is 0 Å². The van der Waals surface area contributed by atoms with E-state index in [-0.39, 0.29) is 5.75 Å². The van der Waals surface area contributed by atoms with Crippen LogP contribution in [0.2, 0.25) is 0 Å². The zero-order chi connectivity index (χ0) is 15.2. The molecule has 0 saturated carbocycles. The molecule has 0 amide bonds. The van der Waals surface area contributed by atoms with E-state index in [9.17, 15) is 8.42 Å². The number of hydrogen-bond donors (Lipinski definition) is 1. The molecule has 0 aromatic rings. The molecule has 2 N–H and O–H groups in total. The van der Waals surface area contributed by atoms with Crippen molar-refractivity contribution < 1.29 is 8.42 Å². The summed E-state index contributed by atoms with van der Waals surface area (Å²) in [5, 5.41) is 0. The van der Waals surface area contributed by atoms with Gasteiger partial charge in [-0.05, 0) is 37.8 Å². The highest BCUT2D eigenvalue weighted by Gasteiger charge is 2.25. The van der Waals surface area contributed by atoms with Crippen LogP contribution in [0.5, 0.6) is 0 Å². The Kier molecular flexibility index (Phi) is 7.43. The van der Waals surface area contributed by atoms with Gasteiger partial charge in [-0.15, -0.1) is 0 Å². The summed E-state index contributed by atoms with van der Waals surface area (Å²) in [5.74, 6) is 1.18. The van der Waals surface area contributed by atoms with Gasteiger partial charge in [-0.2, -0.15) is 0 Å². The molecule has 120 valence electrons. The fourth-order valence-electron chi connectivity index (χ4n) is 2.44. The minimum absolute atomic E-state index is 0.282. The molecule has 1 fully saturated rings. The van der Waals surface area contributed by atoms with Gasteiger partial charge in [0.2, 0.25) is 10.0 Å². The zero-order valence-electron chi connectivity index (χ0n) is 13.2. The molecule has 1 aliphatic rings. The number of nitrogens with zero attached hydrogens (tertiary/aromatic N) is 2. The Morgan fingerprint density at radius 2 is 1.80 bits per heavy atom. The van der Waals surface area contributed by atoms with Crippen LogP contribution in [0, 0.1) is 11.8 Å². The van der Waals surface area contributed by atoms with Crippen LogP contribution >= 0.6 is 0 Å². The van der Waals surface area contributed by atoms with Gasteiger partial charge < -0.3 is 10.6 Å². The van der Waals surface area contributed by atoms with Gasteiger partial charge in [-0.25, -0.2) is 12.7 Å². The van der Waals surface area contributed by atoms with Crippen molar-refractivity contribution >= 4 is 10.0 Å². The lowest BCUT2D eigenvalue weighted by atomic mass is 10.1. The van der Waals surface area contributed by atoms with E-state index in [1.165, 1.54) is 0 Å². The van der Waals surface area contributed by atoms with Crippen LogP contribution in [0.4, 0.5) is 0 Å². The first-order chi connectivity index (χ1) is 9.35. The first-order valence-electron chi connectivity index (χ1n) is 7.75. The monoisotopic (exact) mass is 305 g/mol. The Bertz CT molecular complexity index is 371. The highest BCUT2D eigenvalue weighted by molar-refractivity contribution is 7.89. The topological polar surface area (TPSA) is 66.6 Å². The van der Waals surface area contributed by atoms with Crippen LogP contribution < -0.4 is 5.73 Å². The summed E-state index contributed by atoms with van der Waals surface area (Å²) in [6.07, 6.45) is 1.66. The highest BCUT2D eigenvalue weighted by Crippen LogP contribution is 2.12. The lowest BCUT2D eigenvalue weighted by Gasteiger charge is -2.24. The molecule has 0 spiro atoms. The fourth-order valence-corrected chi connectivity index (χ4v) is 4.23. The Hall–Kier alpha value is -0.170. The molecule has 1 rings (SSSR count). The maximum absolute atomic E-state index is 12.3. The third-order valence-electron chi connectivity index (χ3n) is 3.87. The van der Waals surface area contributed by atoms with Gasteiger partial charge in [0.1, 0.15) is 0 Å². The van der Waals surface area contributed by atoms with Gasteiger partial charge >= 0.3 is 0 Å². The summed E-state index contributed by atoms with van der Waals surface area (Å²) in [6, 6.07) is 0. The highest BCUT2D eigenvalue weighted by atomic mass is 32.2. The van der Waals surface area contributed by atoms with Gasteiger partial charge in [-0.1, -0.05) is 20.8 Å². The molecule has 5 nitrogen and oxygen atoms in total. The Morgan fingerprint density at radius 1 is 1.10 bits per heavy atom. The molecular formula is C14H31N3O2S. The van der Waals surface area contributed by atoms with Crippen LogP contribution in [0.3, 0.4) is 0 Å². The Morgan fingerprint density at radius 3 is 2.40 bits per heavy atom. The molecular weight excluding hydrogens is 274 g/mol. The van der Waals surface area contributed by atoms with Crippen LogP contribution in [-0.4, -0.2) is 62.6 Å². The average Bonchev–Trinajstić information content (AvgIpc) is 2.62. The molecule has 0 aromatic carbocycles. The summed E-state index contributed by atoms with van der Waals surface area (Å²) in [6.45, 7) is 11.0. The van der Waals surface area contributed by atoms with Crippen molar-refractivity contribution in [3.8, 4) is 0 Å². The molecule has 1 unspecified atom stereocenters. The molecule has 0 aliphatic carbocycles. The van der Waals surface area contributed by atoms with Crippen molar-refractivity contribution in [3.63, 3.8) is 0 Å². The molecule has 0 aromatic heterocycles. The number of nitrogens with two attached hydrogens (primary N) is 1. The van der Waals surface area contributed by atoms with E-state index in [4.69, 9.17) is 5.73 Å². The Labute approximate surface area is 124 Å². The van der Waals surface area contributed by atoms with E-state index >= 15 is 0 Å². The van der Waals surface area contributed by atoms with E-state index < -0.39 is 10.0 Å². The summed E-state index contributed by atoms with van der Waals surface area (Å²) < 4.78 is 26.3. The van der Waals surface area contributed by atoms with Crippen molar-refractivity contribution in [2.24, 2.45) is 17.6 Å². The second-order valence-electron chi connectivity index (χ2n) is 6.39. The van der Waals surface area contributed by atoms with Gasteiger partial charge in [0.25, 0.3) is 0 Å². The SMILES string of the molecule is CC(C)CCS(=O)(=O)N1CCCN(CC(C)CN)CC1. The lowest BCUT2D eigenvalue weighted by Crippen LogP contribution is -2.38. The van der Waals surface area contributed by atoms with Gasteiger partial charge in [0, 0.05) is 26.2 Å². The maximum Gasteiger partial charge on any atom is 0.214 e. The summed E-state index contributed by atoms with van der Waals surface area (Å²) >= 11 is 0. The summed E-state index contributed by atoms with van der Waals surface area (Å²) in [4.78, 5) is 2.34. The normalized spacial score (nSPS) is 21.1. The first kappa shape index (κ1) is 17.9. The predicted molar refractivity (Wildman–Crippen MR) is 84.1 cm³/mol. The standard InChI is InChI=1S/C14H31N3O2S/c1-13(2)5-10-20(18,19)17-7-4-6-16(8-9-17)12-14(3)11-15/h13-14H,4-12,15H2,1-3H3. The van der Waals surface area contributed by atoms with Crippen LogP contribution in [0.25, 0.3) is 0 Å². The fraction of sp³-hybridized carbons (Fsp3) is 1.00. The second kappa shape index (κ2) is 8.32. The molecule has 1 saturated heterocycles. The van der Waals surface area contributed by atoms with Crippen molar-refractivity contribution in [2.45, 2.75) is 33.6 Å². The van der Waals surface area contributed by atoms with Gasteiger partial charge in [0.15, 0.2) is 0 Å². The number of hydrogen-bond acceptors (Lipinski definition) is 4. The molecule has 20 heavy (non-hydrogen) atoms. The third kappa shape index (κ3) is 6.08. The van der Waals surface area contributed by atoms with Crippen molar-refractivity contribution in [1.29, 1.82) is 0 Å². The van der Waals surface area contributed by atoms with Crippen LogP contribution in [-0.2, 0) is 10.0 Å². The quantitative estimate of drug-likeness (QED) is 0.761. The summed E-state index contributed by atoms with van der Waals surface area (Å²) in [5.41, 5.74) is 5.66. The van der Waals surface area contributed by atoms with Crippen LogP contribution in [0.1, 0.15) is 33.6 Å². The van der Waals surface area contributed by atoms with E-state index in [0.29, 0.717) is 31.5 Å². The minimum Gasteiger partial charge on any atom is -0.330 e. The van der Waals surface area contributed by atoms with Gasteiger partial charge in [0.05, 0.1) is 5.75 Å². The lowest BCUT2D eigenvalue weighted by molar-refractivity contribution is 0.250. The van der Waals surface area contributed by atoms with E-state index in [1.54, 1.807) is 4.31 Å². The molecule has 1 aliphatic heterocycles. The number of rotatable bonds is 7. The molecule has 1 atom stereocenters. The largest absolute Gasteiger partial charge is 0.330 e. The molecule has 1 heterocycles. The van der Waals surface area contributed by atoms with E-state index in [2.05, 4.69) is 25.7 Å². The predicted octanol–water partition coefficient (Wildman–Crippen LogP) is 0.965. The maximum atomic E-state index is 12.3. The summed E-state index contributed by atoms with van der Waals surface area (Å²) in [7, 11) is -3.08.